The number of ether oxygens (including phenoxy) is 1. The van der Waals surface area contributed by atoms with Crippen molar-refractivity contribution in [2.45, 2.75) is 14.1 Å². The Morgan fingerprint density at radius 2 is 1.70 bits per heavy atom. The van der Waals surface area contributed by atoms with Crippen molar-refractivity contribution in [1.29, 1.82) is 0 Å². The molecule has 0 aliphatic heterocycles. The van der Waals surface area contributed by atoms with E-state index in [4.69, 9.17) is 62.7 Å². The van der Waals surface area contributed by atoms with Crippen LogP contribution < -0.4 is 10.1 Å². The summed E-state index contributed by atoms with van der Waals surface area (Å²) in [6.45, 7) is -0.553. The zero-order valence-corrected chi connectivity index (χ0v) is 17.9. The normalized spacial score (nSPS) is 13.1. The average molecular weight is 492 g/mol. The Labute approximate surface area is 181 Å². The van der Waals surface area contributed by atoms with Crippen molar-refractivity contribution in [2.24, 2.45) is 0 Å². The molecule has 1 amide bonds. The molecule has 0 fully saturated rings. The number of alkyl halides is 3. The lowest BCUT2D eigenvalue weighted by Crippen LogP contribution is -2.50. The zero-order chi connectivity index (χ0) is 20.2. The molecule has 11 heteroatoms. The molecule has 146 valence electrons. The highest BCUT2D eigenvalue weighted by molar-refractivity contribution is 7.92. The molecule has 0 bridgehead atoms. The number of sulfone groups is 1. The summed E-state index contributed by atoms with van der Waals surface area (Å²) in [5.74, 6) is -0.635. The molecule has 0 aromatic heterocycles. The second kappa shape index (κ2) is 9.07. The van der Waals surface area contributed by atoms with Crippen LogP contribution in [0.2, 0.25) is 10.0 Å². The number of hydrogen-bond acceptors (Lipinski definition) is 4. The summed E-state index contributed by atoms with van der Waals surface area (Å²) < 4.78 is 28.4. The highest BCUT2D eigenvalue weighted by Crippen LogP contribution is 2.35. The molecule has 1 atom stereocenters. The lowest BCUT2D eigenvalue weighted by Gasteiger charge is -2.25. The van der Waals surface area contributed by atoms with E-state index in [2.05, 4.69) is 5.32 Å². The van der Waals surface area contributed by atoms with Gasteiger partial charge < -0.3 is 10.1 Å². The standard InChI is InChI=1S/C16H12Cl5NO4S/c17-10-6-7-13(12(18)8-10)26-9-14(23)22-15(16(19,20)21)27(24,25)11-4-2-1-3-5-11/h1-8,15H,9H2,(H,22,23)/t15-/m0/s1. The summed E-state index contributed by atoms with van der Waals surface area (Å²) in [4.78, 5) is 12.1. The fraction of sp³-hybridized carbons (Fsp3) is 0.188. The molecule has 0 aliphatic carbocycles. The lowest BCUT2D eigenvalue weighted by atomic mass is 10.3. The van der Waals surface area contributed by atoms with Crippen LogP contribution in [0.3, 0.4) is 0 Å². The van der Waals surface area contributed by atoms with Gasteiger partial charge >= 0.3 is 0 Å². The van der Waals surface area contributed by atoms with E-state index in [0.717, 1.165) is 0 Å². The second-order valence-electron chi connectivity index (χ2n) is 5.21. The van der Waals surface area contributed by atoms with Gasteiger partial charge in [-0.05, 0) is 30.3 Å². The zero-order valence-electron chi connectivity index (χ0n) is 13.3. The maximum atomic E-state index is 12.7. The van der Waals surface area contributed by atoms with Gasteiger partial charge in [0.05, 0.1) is 9.92 Å². The maximum absolute atomic E-state index is 12.7. The van der Waals surface area contributed by atoms with Crippen LogP contribution in [0, 0.1) is 0 Å². The first kappa shape index (κ1) is 22.4. The predicted octanol–water partition coefficient (Wildman–Crippen LogP) is 4.66. The van der Waals surface area contributed by atoms with Crippen molar-refractivity contribution in [1.82, 2.24) is 5.32 Å². The maximum Gasteiger partial charge on any atom is 0.259 e. The van der Waals surface area contributed by atoms with Gasteiger partial charge in [0.25, 0.3) is 5.91 Å². The molecule has 0 aliphatic rings. The smallest absolute Gasteiger partial charge is 0.259 e. The Balaban J connectivity index is 2.15. The van der Waals surface area contributed by atoms with E-state index in [-0.39, 0.29) is 15.7 Å². The van der Waals surface area contributed by atoms with Crippen molar-refractivity contribution in [2.75, 3.05) is 6.61 Å². The molecular weight excluding hydrogens is 480 g/mol. The number of benzene rings is 2. The number of amides is 1. The van der Waals surface area contributed by atoms with Crippen molar-refractivity contribution in [3.63, 3.8) is 0 Å². The highest BCUT2D eigenvalue weighted by atomic mass is 35.6. The number of halogens is 5. The summed E-state index contributed by atoms with van der Waals surface area (Å²) in [5.41, 5.74) is 0. The molecule has 0 saturated heterocycles. The second-order valence-corrected chi connectivity index (χ2v) is 10.5. The number of carbonyl (C=O) groups is 1. The van der Waals surface area contributed by atoms with Gasteiger partial charge in [-0.25, -0.2) is 8.42 Å². The molecule has 2 rings (SSSR count). The summed E-state index contributed by atoms with van der Waals surface area (Å²) in [6.07, 6.45) is 0. The summed E-state index contributed by atoms with van der Waals surface area (Å²) in [5, 5.41) is 0.931. The molecule has 0 spiro atoms. The Kier molecular flexibility index (Phi) is 7.53. The van der Waals surface area contributed by atoms with Gasteiger partial charge in [0.1, 0.15) is 5.75 Å². The minimum absolute atomic E-state index is 0.108. The molecule has 2 aromatic rings. The predicted molar refractivity (Wildman–Crippen MR) is 108 cm³/mol. The number of carbonyl (C=O) groups excluding carboxylic acids is 1. The van der Waals surface area contributed by atoms with Crippen LogP contribution in [0.15, 0.2) is 53.4 Å². The van der Waals surface area contributed by atoms with E-state index in [0.29, 0.717) is 5.02 Å². The fourth-order valence-electron chi connectivity index (χ4n) is 2.01. The van der Waals surface area contributed by atoms with E-state index >= 15 is 0 Å². The molecule has 27 heavy (non-hydrogen) atoms. The van der Waals surface area contributed by atoms with Gasteiger partial charge in [0.2, 0.25) is 13.6 Å². The lowest BCUT2D eigenvalue weighted by molar-refractivity contribution is -0.123. The first-order chi connectivity index (χ1) is 12.5. The van der Waals surface area contributed by atoms with Crippen molar-refractivity contribution < 1.29 is 17.9 Å². The van der Waals surface area contributed by atoms with Gasteiger partial charge in [-0.2, -0.15) is 0 Å². The average Bonchev–Trinajstić information content (AvgIpc) is 2.58. The van der Waals surface area contributed by atoms with Crippen LogP contribution in [0.4, 0.5) is 0 Å². The first-order valence-corrected chi connectivity index (χ1v) is 10.7. The van der Waals surface area contributed by atoms with Gasteiger partial charge in [-0.15, -0.1) is 0 Å². The first-order valence-electron chi connectivity index (χ1n) is 7.24. The van der Waals surface area contributed by atoms with Gasteiger partial charge in [0.15, 0.2) is 12.0 Å². The SMILES string of the molecule is O=C(COc1ccc(Cl)cc1Cl)N[C@H](C(Cl)(Cl)Cl)S(=O)(=O)c1ccccc1. The van der Waals surface area contributed by atoms with E-state index in [9.17, 15) is 13.2 Å². The summed E-state index contributed by atoms with van der Waals surface area (Å²) in [6, 6.07) is 11.7. The van der Waals surface area contributed by atoms with Crippen LogP contribution in [0.5, 0.6) is 5.75 Å². The van der Waals surface area contributed by atoms with E-state index in [1.54, 1.807) is 6.07 Å². The van der Waals surface area contributed by atoms with Crippen LogP contribution in [-0.2, 0) is 14.6 Å². The molecule has 0 saturated carbocycles. The third-order valence-corrected chi connectivity index (χ3v) is 6.82. The van der Waals surface area contributed by atoms with Crippen LogP contribution >= 0.6 is 58.0 Å². The topological polar surface area (TPSA) is 72.5 Å². The molecule has 1 N–H and O–H groups in total. The quantitative estimate of drug-likeness (QED) is 0.597. The minimum Gasteiger partial charge on any atom is -0.482 e. The van der Waals surface area contributed by atoms with E-state index < -0.39 is 31.5 Å². The highest BCUT2D eigenvalue weighted by Gasteiger charge is 2.44. The summed E-state index contributed by atoms with van der Waals surface area (Å²) in [7, 11) is -4.18. The number of nitrogens with one attached hydrogen (secondary N) is 1. The fourth-order valence-corrected chi connectivity index (χ4v) is 5.13. The molecule has 0 unspecified atom stereocenters. The monoisotopic (exact) mass is 489 g/mol. The van der Waals surface area contributed by atoms with Crippen LogP contribution in [0.25, 0.3) is 0 Å². The Bertz CT molecular complexity index is 916. The molecule has 0 heterocycles. The van der Waals surface area contributed by atoms with E-state index in [1.807, 2.05) is 0 Å². The van der Waals surface area contributed by atoms with Crippen molar-refractivity contribution in [3.05, 3.63) is 58.6 Å². The molecule has 2 aromatic carbocycles. The van der Waals surface area contributed by atoms with Gasteiger partial charge in [-0.1, -0.05) is 76.2 Å². The Morgan fingerprint density at radius 3 is 2.26 bits per heavy atom. The molecular formula is C16H12Cl5NO4S. The van der Waals surface area contributed by atoms with Gasteiger partial charge in [-0.3, -0.25) is 4.79 Å². The van der Waals surface area contributed by atoms with Crippen LogP contribution in [-0.4, -0.2) is 30.1 Å². The number of rotatable bonds is 6. The van der Waals surface area contributed by atoms with Crippen LogP contribution in [0.1, 0.15) is 0 Å². The number of hydrogen-bond donors (Lipinski definition) is 1. The van der Waals surface area contributed by atoms with E-state index in [1.165, 1.54) is 42.5 Å². The van der Waals surface area contributed by atoms with Crippen molar-refractivity contribution >= 4 is 73.7 Å². The Hall–Kier alpha value is -0.890. The van der Waals surface area contributed by atoms with Crippen molar-refractivity contribution in [3.8, 4) is 5.75 Å². The third-order valence-electron chi connectivity index (χ3n) is 3.22. The molecule has 5 nitrogen and oxygen atoms in total. The third kappa shape index (κ3) is 6.04. The van der Waals surface area contributed by atoms with Gasteiger partial charge in [0, 0.05) is 5.02 Å². The molecule has 0 radical (unpaired) electrons. The Morgan fingerprint density at radius 1 is 1.07 bits per heavy atom. The largest absolute Gasteiger partial charge is 0.482 e. The minimum atomic E-state index is -4.18. The summed E-state index contributed by atoms with van der Waals surface area (Å²) >= 11 is 29.1.